The molecule has 0 radical (unpaired) electrons. The van der Waals surface area contributed by atoms with Crippen molar-refractivity contribution in [2.75, 3.05) is 44.7 Å². The number of nitrogens with zero attached hydrogens (tertiary/aromatic N) is 2. The highest BCUT2D eigenvalue weighted by Crippen LogP contribution is 2.31. The standard InChI is InChI=1S/C15H22ClN3O2/c1-3-6-17-15(20)19-9-7-18(8-10-19)13-11-12(16)4-5-14(13)21-2/h4-5,11H,3,6-10H2,1-2H3,(H,17,20). The molecule has 1 aromatic carbocycles. The molecule has 1 saturated heterocycles. The minimum absolute atomic E-state index is 0.0227. The first-order valence-corrected chi connectivity index (χ1v) is 7.64. The van der Waals surface area contributed by atoms with Crippen LogP contribution in [-0.4, -0.2) is 50.8 Å². The number of amides is 2. The van der Waals surface area contributed by atoms with Crippen molar-refractivity contribution in [1.82, 2.24) is 10.2 Å². The van der Waals surface area contributed by atoms with Gasteiger partial charge < -0.3 is 19.9 Å². The van der Waals surface area contributed by atoms with Crippen LogP contribution in [-0.2, 0) is 0 Å². The first-order chi connectivity index (χ1) is 10.2. The quantitative estimate of drug-likeness (QED) is 0.929. The molecule has 0 bridgehead atoms. The number of rotatable bonds is 4. The molecule has 2 amide bonds. The molecule has 1 aliphatic rings. The summed E-state index contributed by atoms with van der Waals surface area (Å²) in [6, 6.07) is 5.62. The Morgan fingerprint density at radius 2 is 2.05 bits per heavy atom. The number of ether oxygens (including phenoxy) is 1. The summed E-state index contributed by atoms with van der Waals surface area (Å²) in [6.07, 6.45) is 0.950. The molecule has 5 nitrogen and oxygen atoms in total. The number of anilines is 1. The van der Waals surface area contributed by atoms with Crippen LogP contribution in [0.4, 0.5) is 10.5 Å². The lowest BCUT2D eigenvalue weighted by atomic mass is 10.2. The summed E-state index contributed by atoms with van der Waals surface area (Å²) in [5.74, 6) is 0.809. The molecule has 1 aliphatic heterocycles. The van der Waals surface area contributed by atoms with Crippen molar-refractivity contribution >= 4 is 23.3 Å². The lowest BCUT2D eigenvalue weighted by Gasteiger charge is -2.36. The van der Waals surface area contributed by atoms with E-state index in [4.69, 9.17) is 16.3 Å². The molecule has 1 heterocycles. The number of piperazine rings is 1. The van der Waals surface area contributed by atoms with E-state index in [0.717, 1.165) is 37.5 Å². The van der Waals surface area contributed by atoms with E-state index in [1.807, 2.05) is 30.0 Å². The van der Waals surface area contributed by atoms with Gasteiger partial charge in [0.25, 0.3) is 0 Å². The maximum atomic E-state index is 11.9. The third-order valence-corrected chi connectivity index (χ3v) is 3.81. The van der Waals surface area contributed by atoms with E-state index in [-0.39, 0.29) is 6.03 Å². The number of methoxy groups -OCH3 is 1. The molecule has 6 heteroatoms. The fourth-order valence-electron chi connectivity index (χ4n) is 2.40. The molecule has 1 fully saturated rings. The summed E-state index contributed by atoms with van der Waals surface area (Å²) in [5.41, 5.74) is 0.985. The van der Waals surface area contributed by atoms with Crippen LogP contribution in [0.25, 0.3) is 0 Å². The van der Waals surface area contributed by atoms with Crippen molar-refractivity contribution in [2.24, 2.45) is 0 Å². The fourth-order valence-corrected chi connectivity index (χ4v) is 2.57. The van der Waals surface area contributed by atoms with Crippen LogP contribution < -0.4 is 15.0 Å². The van der Waals surface area contributed by atoms with Gasteiger partial charge in [-0.05, 0) is 24.6 Å². The Balaban J connectivity index is 1.98. The third kappa shape index (κ3) is 3.94. The van der Waals surface area contributed by atoms with Gasteiger partial charge in [-0.25, -0.2) is 4.79 Å². The van der Waals surface area contributed by atoms with Crippen LogP contribution in [0.2, 0.25) is 5.02 Å². The van der Waals surface area contributed by atoms with E-state index in [1.54, 1.807) is 7.11 Å². The smallest absolute Gasteiger partial charge is 0.317 e. The van der Waals surface area contributed by atoms with E-state index in [0.29, 0.717) is 18.1 Å². The molecule has 1 aromatic rings. The lowest BCUT2D eigenvalue weighted by molar-refractivity contribution is 0.194. The summed E-state index contributed by atoms with van der Waals surface area (Å²) in [6.45, 7) is 5.72. The van der Waals surface area contributed by atoms with Crippen LogP contribution in [0.15, 0.2) is 18.2 Å². The van der Waals surface area contributed by atoms with Gasteiger partial charge in [0, 0.05) is 37.7 Å². The van der Waals surface area contributed by atoms with Crippen molar-refractivity contribution < 1.29 is 9.53 Å². The highest BCUT2D eigenvalue weighted by Gasteiger charge is 2.22. The highest BCUT2D eigenvalue weighted by atomic mass is 35.5. The predicted octanol–water partition coefficient (Wildman–Crippen LogP) is 2.59. The Hall–Kier alpha value is -1.62. The topological polar surface area (TPSA) is 44.8 Å². The van der Waals surface area contributed by atoms with Crippen molar-refractivity contribution in [2.45, 2.75) is 13.3 Å². The van der Waals surface area contributed by atoms with E-state index in [9.17, 15) is 4.79 Å². The van der Waals surface area contributed by atoms with Crippen LogP contribution in [0.5, 0.6) is 5.75 Å². The first kappa shape index (κ1) is 15.8. The zero-order valence-electron chi connectivity index (χ0n) is 12.6. The van der Waals surface area contributed by atoms with E-state index in [1.165, 1.54) is 0 Å². The Morgan fingerprint density at radius 3 is 2.67 bits per heavy atom. The Kier molecular flexibility index (Phi) is 5.56. The highest BCUT2D eigenvalue weighted by molar-refractivity contribution is 6.30. The summed E-state index contributed by atoms with van der Waals surface area (Å²) in [5, 5.41) is 3.60. The Bertz CT molecular complexity index is 488. The second kappa shape index (κ2) is 7.41. The van der Waals surface area contributed by atoms with Crippen molar-refractivity contribution in [1.29, 1.82) is 0 Å². The number of nitrogens with one attached hydrogen (secondary N) is 1. The van der Waals surface area contributed by atoms with Gasteiger partial charge in [-0.15, -0.1) is 0 Å². The normalized spacial score (nSPS) is 15.0. The SMILES string of the molecule is CCCNC(=O)N1CCN(c2cc(Cl)ccc2OC)CC1. The van der Waals surface area contributed by atoms with E-state index < -0.39 is 0 Å². The lowest BCUT2D eigenvalue weighted by Crippen LogP contribution is -2.52. The number of hydrogen-bond donors (Lipinski definition) is 1. The molecule has 0 aliphatic carbocycles. The zero-order chi connectivity index (χ0) is 15.2. The van der Waals surface area contributed by atoms with E-state index in [2.05, 4.69) is 10.2 Å². The molecule has 0 saturated carbocycles. The van der Waals surface area contributed by atoms with Crippen molar-refractivity contribution in [3.63, 3.8) is 0 Å². The molecular formula is C15H22ClN3O2. The monoisotopic (exact) mass is 311 g/mol. The van der Waals surface area contributed by atoms with Crippen molar-refractivity contribution in [3.8, 4) is 5.75 Å². The number of carbonyl (C=O) groups is 1. The molecular weight excluding hydrogens is 290 g/mol. The maximum Gasteiger partial charge on any atom is 0.317 e. The number of urea groups is 1. The van der Waals surface area contributed by atoms with Crippen molar-refractivity contribution in [3.05, 3.63) is 23.2 Å². The van der Waals surface area contributed by atoms with Gasteiger partial charge in [-0.2, -0.15) is 0 Å². The largest absolute Gasteiger partial charge is 0.495 e. The van der Waals surface area contributed by atoms with Gasteiger partial charge in [0.2, 0.25) is 0 Å². The minimum atomic E-state index is 0.0227. The zero-order valence-corrected chi connectivity index (χ0v) is 13.3. The van der Waals surface area contributed by atoms with Gasteiger partial charge in [-0.1, -0.05) is 18.5 Å². The molecule has 0 spiro atoms. The summed E-state index contributed by atoms with van der Waals surface area (Å²) < 4.78 is 5.39. The van der Waals surface area contributed by atoms with Crippen LogP contribution in [0.3, 0.4) is 0 Å². The molecule has 0 unspecified atom stereocenters. The number of carbonyl (C=O) groups excluding carboxylic acids is 1. The predicted molar refractivity (Wildman–Crippen MR) is 85.5 cm³/mol. The van der Waals surface area contributed by atoms with Gasteiger partial charge in [0.15, 0.2) is 0 Å². The van der Waals surface area contributed by atoms with Gasteiger partial charge in [0.05, 0.1) is 12.8 Å². The second-order valence-electron chi connectivity index (χ2n) is 5.02. The first-order valence-electron chi connectivity index (χ1n) is 7.27. The van der Waals surface area contributed by atoms with Gasteiger partial charge >= 0.3 is 6.03 Å². The molecule has 0 atom stereocenters. The van der Waals surface area contributed by atoms with E-state index >= 15 is 0 Å². The maximum absolute atomic E-state index is 11.9. The number of halogens is 1. The minimum Gasteiger partial charge on any atom is -0.495 e. The van der Waals surface area contributed by atoms with Gasteiger partial charge in [-0.3, -0.25) is 0 Å². The summed E-state index contributed by atoms with van der Waals surface area (Å²) >= 11 is 6.07. The summed E-state index contributed by atoms with van der Waals surface area (Å²) in [7, 11) is 1.65. The summed E-state index contributed by atoms with van der Waals surface area (Å²) in [4.78, 5) is 16.0. The molecule has 0 aromatic heterocycles. The molecule has 21 heavy (non-hydrogen) atoms. The molecule has 2 rings (SSSR count). The van der Waals surface area contributed by atoms with Crippen LogP contribution >= 0.6 is 11.6 Å². The Morgan fingerprint density at radius 1 is 1.33 bits per heavy atom. The van der Waals surface area contributed by atoms with Gasteiger partial charge in [0.1, 0.15) is 5.75 Å². The van der Waals surface area contributed by atoms with Crippen LogP contribution in [0, 0.1) is 0 Å². The molecule has 116 valence electrons. The third-order valence-electron chi connectivity index (χ3n) is 3.57. The fraction of sp³-hybridized carbons (Fsp3) is 0.533. The number of benzene rings is 1. The average molecular weight is 312 g/mol. The second-order valence-corrected chi connectivity index (χ2v) is 5.46. The van der Waals surface area contributed by atoms with Crippen LogP contribution in [0.1, 0.15) is 13.3 Å². The molecule has 1 N–H and O–H groups in total. The number of hydrogen-bond acceptors (Lipinski definition) is 3. The Labute approximate surface area is 130 Å². The average Bonchev–Trinajstić information content (AvgIpc) is 2.52.